The predicted octanol–water partition coefficient (Wildman–Crippen LogP) is 2.80. The Balaban J connectivity index is 2.85. The lowest BCUT2D eigenvalue weighted by atomic mass is 10.2. The molecule has 0 saturated heterocycles. The summed E-state index contributed by atoms with van der Waals surface area (Å²) in [5.74, 6) is 0.749. The molecular formula is C12H24ClFO3. The topological polar surface area (TPSA) is 27.7 Å². The number of hydrogen-bond donors (Lipinski definition) is 0. The Morgan fingerprint density at radius 2 is 1.18 bits per heavy atom. The minimum Gasteiger partial charge on any atom is -0.379 e. The number of halogens is 2. The molecule has 0 fully saturated rings. The molecule has 0 radical (unpaired) electrons. The molecule has 0 unspecified atom stereocenters. The molecule has 0 bridgehead atoms. The van der Waals surface area contributed by atoms with Crippen molar-refractivity contribution in [1.82, 2.24) is 0 Å². The molecule has 0 aromatic carbocycles. The first-order valence-electron chi connectivity index (χ1n) is 6.27. The lowest BCUT2D eigenvalue weighted by Crippen LogP contribution is -2.10. The zero-order chi connectivity index (χ0) is 12.6. The van der Waals surface area contributed by atoms with E-state index in [2.05, 4.69) is 0 Å². The van der Waals surface area contributed by atoms with E-state index in [-0.39, 0.29) is 6.61 Å². The molecule has 0 aliphatic carbocycles. The molecule has 0 N–H and O–H groups in total. The Kier molecular flexibility index (Phi) is 16.2. The summed E-state index contributed by atoms with van der Waals surface area (Å²) < 4.78 is 27.2. The summed E-state index contributed by atoms with van der Waals surface area (Å²) in [6.07, 6.45) is 4.51. The van der Waals surface area contributed by atoms with Crippen LogP contribution in [0, 0.1) is 0 Å². The van der Waals surface area contributed by atoms with Crippen molar-refractivity contribution in [2.45, 2.75) is 25.7 Å². The van der Waals surface area contributed by atoms with Gasteiger partial charge in [0.25, 0.3) is 0 Å². The van der Waals surface area contributed by atoms with E-state index in [0.29, 0.717) is 26.4 Å². The van der Waals surface area contributed by atoms with E-state index in [1.807, 2.05) is 0 Å². The quantitative estimate of drug-likeness (QED) is 0.359. The van der Waals surface area contributed by atoms with Crippen LogP contribution in [0.3, 0.4) is 0 Å². The number of rotatable bonds is 14. The first-order chi connectivity index (χ1) is 8.41. The van der Waals surface area contributed by atoms with Gasteiger partial charge in [-0.2, -0.15) is 0 Å². The van der Waals surface area contributed by atoms with Crippen LogP contribution in [0.2, 0.25) is 0 Å². The van der Waals surface area contributed by atoms with Crippen LogP contribution in [0.1, 0.15) is 25.7 Å². The van der Waals surface area contributed by atoms with Crippen LogP contribution in [-0.4, -0.2) is 52.2 Å². The fourth-order valence-electron chi connectivity index (χ4n) is 1.25. The van der Waals surface area contributed by atoms with Crippen molar-refractivity contribution >= 4 is 11.6 Å². The molecule has 0 aliphatic heterocycles. The molecule has 0 spiro atoms. The van der Waals surface area contributed by atoms with Crippen LogP contribution < -0.4 is 0 Å². The maximum absolute atomic E-state index is 11.6. The van der Waals surface area contributed by atoms with Gasteiger partial charge in [0.2, 0.25) is 0 Å². The molecule has 0 heterocycles. The van der Waals surface area contributed by atoms with Gasteiger partial charge in [0, 0.05) is 12.5 Å². The maximum atomic E-state index is 11.6. The average Bonchev–Trinajstić information content (AvgIpc) is 2.35. The third-order valence-electron chi connectivity index (χ3n) is 2.14. The van der Waals surface area contributed by atoms with Gasteiger partial charge in [0.15, 0.2) is 0 Å². The van der Waals surface area contributed by atoms with E-state index in [9.17, 15) is 4.39 Å². The lowest BCUT2D eigenvalue weighted by molar-refractivity contribution is 0.0117. The van der Waals surface area contributed by atoms with E-state index in [4.69, 9.17) is 25.8 Å². The molecule has 104 valence electrons. The van der Waals surface area contributed by atoms with Crippen LogP contribution in [0.5, 0.6) is 0 Å². The van der Waals surface area contributed by atoms with Gasteiger partial charge in [-0.05, 0) is 12.8 Å². The Morgan fingerprint density at radius 1 is 0.647 bits per heavy atom. The van der Waals surface area contributed by atoms with Gasteiger partial charge in [-0.1, -0.05) is 12.8 Å². The van der Waals surface area contributed by atoms with E-state index in [1.165, 1.54) is 12.8 Å². The Morgan fingerprint density at radius 3 is 1.76 bits per heavy atom. The van der Waals surface area contributed by atoms with Crippen molar-refractivity contribution in [3.63, 3.8) is 0 Å². The van der Waals surface area contributed by atoms with E-state index < -0.39 is 6.67 Å². The number of hydrogen-bond acceptors (Lipinski definition) is 3. The van der Waals surface area contributed by atoms with Crippen molar-refractivity contribution in [2.75, 3.05) is 52.2 Å². The van der Waals surface area contributed by atoms with Crippen LogP contribution in [0.25, 0.3) is 0 Å². The normalized spacial score (nSPS) is 10.9. The number of alkyl halides is 2. The van der Waals surface area contributed by atoms with Crippen LogP contribution >= 0.6 is 11.6 Å². The fourth-order valence-corrected chi connectivity index (χ4v) is 1.44. The van der Waals surface area contributed by atoms with Crippen LogP contribution in [0.15, 0.2) is 0 Å². The molecule has 0 aromatic heterocycles. The minimum absolute atomic E-state index is 0.155. The van der Waals surface area contributed by atoms with Gasteiger partial charge < -0.3 is 14.2 Å². The predicted molar refractivity (Wildman–Crippen MR) is 67.6 cm³/mol. The molecule has 0 aliphatic rings. The van der Waals surface area contributed by atoms with Crippen LogP contribution in [0.4, 0.5) is 4.39 Å². The third kappa shape index (κ3) is 16.1. The SMILES string of the molecule is FCCOCCOCCOCCCCCCCl. The summed E-state index contributed by atoms with van der Waals surface area (Å²) >= 11 is 5.57. The Labute approximate surface area is 109 Å². The summed E-state index contributed by atoms with van der Waals surface area (Å²) in [6, 6.07) is 0. The first kappa shape index (κ1) is 17.1. The summed E-state index contributed by atoms with van der Waals surface area (Å²) in [5.41, 5.74) is 0. The van der Waals surface area contributed by atoms with E-state index in [0.717, 1.165) is 25.3 Å². The largest absolute Gasteiger partial charge is 0.379 e. The first-order valence-corrected chi connectivity index (χ1v) is 6.80. The molecule has 5 heteroatoms. The highest BCUT2D eigenvalue weighted by Crippen LogP contribution is 2.00. The highest BCUT2D eigenvalue weighted by atomic mass is 35.5. The average molecular weight is 271 g/mol. The second kappa shape index (κ2) is 16.1. The van der Waals surface area contributed by atoms with Gasteiger partial charge in [0.1, 0.15) is 6.67 Å². The van der Waals surface area contributed by atoms with Crippen LogP contribution in [-0.2, 0) is 14.2 Å². The lowest BCUT2D eigenvalue weighted by Gasteiger charge is -2.06. The highest BCUT2D eigenvalue weighted by Gasteiger charge is 1.92. The molecular weight excluding hydrogens is 247 g/mol. The van der Waals surface area contributed by atoms with Crippen molar-refractivity contribution in [3.8, 4) is 0 Å². The second-order valence-electron chi connectivity index (χ2n) is 3.63. The minimum atomic E-state index is -0.438. The molecule has 0 aromatic rings. The summed E-state index contributed by atoms with van der Waals surface area (Å²) in [6.45, 7) is 2.62. The van der Waals surface area contributed by atoms with Crippen molar-refractivity contribution in [1.29, 1.82) is 0 Å². The van der Waals surface area contributed by atoms with Gasteiger partial charge >= 0.3 is 0 Å². The summed E-state index contributed by atoms with van der Waals surface area (Å²) in [4.78, 5) is 0. The Hall–Kier alpha value is 0.1000. The van der Waals surface area contributed by atoms with Gasteiger partial charge in [-0.25, -0.2) is 4.39 Å². The molecule has 17 heavy (non-hydrogen) atoms. The molecule has 0 saturated carbocycles. The molecule has 0 amide bonds. The second-order valence-corrected chi connectivity index (χ2v) is 4.01. The molecule has 0 rings (SSSR count). The highest BCUT2D eigenvalue weighted by molar-refractivity contribution is 6.17. The summed E-state index contributed by atoms with van der Waals surface area (Å²) in [7, 11) is 0. The summed E-state index contributed by atoms with van der Waals surface area (Å²) in [5, 5.41) is 0. The maximum Gasteiger partial charge on any atom is 0.113 e. The van der Waals surface area contributed by atoms with Gasteiger partial charge in [0.05, 0.1) is 33.0 Å². The number of unbranched alkanes of at least 4 members (excludes halogenated alkanes) is 3. The number of ether oxygens (including phenoxy) is 3. The zero-order valence-electron chi connectivity index (χ0n) is 10.5. The van der Waals surface area contributed by atoms with E-state index in [1.54, 1.807) is 0 Å². The molecule has 3 nitrogen and oxygen atoms in total. The fraction of sp³-hybridized carbons (Fsp3) is 1.00. The van der Waals surface area contributed by atoms with Gasteiger partial charge in [-0.3, -0.25) is 0 Å². The smallest absolute Gasteiger partial charge is 0.113 e. The molecule has 0 atom stereocenters. The van der Waals surface area contributed by atoms with Gasteiger partial charge in [-0.15, -0.1) is 11.6 Å². The van der Waals surface area contributed by atoms with Crippen molar-refractivity contribution < 1.29 is 18.6 Å². The third-order valence-corrected chi connectivity index (χ3v) is 2.41. The van der Waals surface area contributed by atoms with Crippen molar-refractivity contribution in [2.24, 2.45) is 0 Å². The van der Waals surface area contributed by atoms with E-state index >= 15 is 0 Å². The standard InChI is InChI=1S/C12H24ClFO3/c13-5-3-1-2-4-7-15-9-11-17-12-10-16-8-6-14/h1-12H2. The Bertz CT molecular complexity index is 125. The zero-order valence-corrected chi connectivity index (χ0v) is 11.2. The monoisotopic (exact) mass is 270 g/mol. The van der Waals surface area contributed by atoms with Crippen molar-refractivity contribution in [3.05, 3.63) is 0 Å².